The maximum atomic E-state index is 12.3. The first-order chi connectivity index (χ1) is 12.8. The predicted molar refractivity (Wildman–Crippen MR) is 99.2 cm³/mol. The van der Waals surface area contributed by atoms with Crippen LogP contribution in [-0.4, -0.2) is 50.8 Å². The lowest BCUT2D eigenvalue weighted by Gasteiger charge is -2.24. The maximum absolute atomic E-state index is 12.3. The molecule has 1 atom stereocenters. The molecule has 0 aliphatic carbocycles. The molecular formula is C19H25N5O3. The van der Waals surface area contributed by atoms with Gasteiger partial charge in [0.1, 0.15) is 11.3 Å². The monoisotopic (exact) mass is 371 g/mol. The van der Waals surface area contributed by atoms with Gasteiger partial charge in [-0.2, -0.15) is 5.10 Å². The lowest BCUT2D eigenvalue weighted by atomic mass is 10.1. The Morgan fingerprint density at radius 1 is 1.41 bits per heavy atom. The number of aromatic amines is 1. The largest absolute Gasteiger partial charge is 0.444 e. The molecule has 2 aromatic heterocycles. The highest BCUT2D eigenvalue weighted by atomic mass is 16.6. The molecule has 3 heterocycles. The van der Waals surface area contributed by atoms with E-state index in [-0.39, 0.29) is 17.9 Å². The minimum absolute atomic E-state index is 0.116. The summed E-state index contributed by atoms with van der Waals surface area (Å²) in [4.78, 5) is 30.2. The average Bonchev–Trinajstić information content (AvgIpc) is 3.28. The summed E-state index contributed by atoms with van der Waals surface area (Å²) in [6, 6.07) is 5.47. The molecule has 3 rings (SSSR count). The van der Waals surface area contributed by atoms with Gasteiger partial charge in [-0.05, 0) is 44.9 Å². The van der Waals surface area contributed by atoms with Crippen LogP contribution in [0.25, 0.3) is 0 Å². The van der Waals surface area contributed by atoms with Crippen molar-refractivity contribution in [3.05, 3.63) is 47.5 Å². The van der Waals surface area contributed by atoms with E-state index in [1.807, 2.05) is 32.9 Å². The summed E-state index contributed by atoms with van der Waals surface area (Å²) in [6.45, 7) is 7.12. The van der Waals surface area contributed by atoms with Crippen LogP contribution >= 0.6 is 0 Å². The fraction of sp³-hybridized carbons (Fsp3) is 0.474. The molecule has 1 aliphatic rings. The van der Waals surface area contributed by atoms with Gasteiger partial charge < -0.3 is 15.0 Å². The minimum atomic E-state index is -0.511. The Bertz CT molecular complexity index is 797. The van der Waals surface area contributed by atoms with Crippen LogP contribution in [0.5, 0.6) is 0 Å². The molecular weight excluding hydrogens is 346 g/mol. The van der Waals surface area contributed by atoms with Gasteiger partial charge in [-0.3, -0.25) is 14.9 Å². The van der Waals surface area contributed by atoms with Crippen molar-refractivity contribution in [2.45, 2.75) is 45.3 Å². The number of hydrogen-bond acceptors (Lipinski definition) is 5. The predicted octanol–water partition coefficient (Wildman–Crippen LogP) is 2.46. The van der Waals surface area contributed by atoms with Gasteiger partial charge in [0.15, 0.2) is 0 Å². The lowest BCUT2D eigenvalue weighted by Crippen LogP contribution is -2.35. The first-order valence-electron chi connectivity index (χ1n) is 9.02. The molecule has 0 bridgehead atoms. The zero-order valence-corrected chi connectivity index (χ0v) is 15.9. The number of amides is 2. The van der Waals surface area contributed by atoms with Gasteiger partial charge in [0.2, 0.25) is 0 Å². The average molecular weight is 371 g/mol. The van der Waals surface area contributed by atoms with E-state index < -0.39 is 5.60 Å². The lowest BCUT2D eigenvalue weighted by molar-refractivity contribution is 0.0292. The molecule has 1 aliphatic heterocycles. The number of aromatic nitrogens is 3. The first-order valence-corrected chi connectivity index (χ1v) is 9.02. The van der Waals surface area contributed by atoms with Crippen molar-refractivity contribution >= 4 is 12.0 Å². The van der Waals surface area contributed by atoms with Gasteiger partial charge in [0.05, 0.1) is 0 Å². The number of nitrogens with zero attached hydrogens (tertiary/aromatic N) is 3. The second-order valence-corrected chi connectivity index (χ2v) is 7.66. The van der Waals surface area contributed by atoms with Crippen molar-refractivity contribution < 1.29 is 14.3 Å². The fourth-order valence-corrected chi connectivity index (χ4v) is 2.94. The van der Waals surface area contributed by atoms with E-state index >= 15 is 0 Å². The molecule has 27 heavy (non-hydrogen) atoms. The molecule has 1 unspecified atom stereocenters. The van der Waals surface area contributed by atoms with Crippen LogP contribution in [0.3, 0.4) is 0 Å². The molecule has 0 aromatic carbocycles. The van der Waals surface area contributed by atoms with Gasteiger partial charge in [0, 0.05) is 43.6 Å². The van der Waals surface area contributed by atoms with Crippen LogP contribution in [0.4, 0.5) is 4.79 Å². The Kier molecular flexibility index (Phi) is 5.43. The second-order valence-electron chi connectivity index (χ2n) is 7.66. The molecule has 1 saturated heterocycles. The fourth-order valence-electron chi connectivity index (χ4n) is 2.94. The van der Waals surface area contributed by atoms with E-state index in [9.17, 15) is 9.59 Å². The molecule has 0 spiro atoms. The summed E-state index contributed by atoms with van der Waals surface area (Å²) in [5.74, 6) is -0.131. The number of carbonyl (C=O) groups is 2. The molecule has 8 nitrogen and oxygen atoms in total. The van der Waals surface area contributed by atoms with Crippen LogP contribution in [0, 0.1) is 0 Å². The SMILES string of the molecule is CC(C)(C)OC(=O)N1CCC(c2cc(C(=O)NCc3cccnc3)n[nH]2)C1. The van der Waals surface area contributed by atoms with Crippen molar-refractivity contribution in [2.75, 3.05) is 13.1 Å². The summed E-state index contributed by atoms with van der Waals surface area (Å²) >= 11 is 0. The minimum Gasteiger partial charge on any atom is -0.444 e. The second kappa shape index (κ2) is 7.77. The number of hydrogen-bond donors (Lipinski definition) is 2. The molecule has 2 N–H and O–H groups in total. The van der Waals surface area contributed by atoms with E-state index in [1.54, 1.807) is 23.4 Å². The van der Waals surface area contributed by atoms with Crippen LogP contribution in [0.15, 0.2) is 30.6 Å². The number of ether oxygens (including phenoxy) is 1. The number of carbonyl (C=O) groups excluding carboxylic acids is 2. The van der Waals surface area contributed by atoms with E-state index in [1.165, 1.54) is 0 Å². The summed E-state index contributed by atoms with van der Waals surface area (Å²) in [5.41, 5.74) is 1.60. The summed E-state index contributed by atoms with van der Waals surface area (Å²) in [6.07, 6.45) is 3.89. The number of nitrogens with one attached hydrogen (secondary N) is 2. The number of H-pyrrole nitrogens is 1. The summed E-state index contributed by atoms with van der Waals surface area (Å²) < 4.78 is 5.42. The third-order valence-electron chi connectivity index (χ3n) is 4.29. The van der Waals surface area contributed by atoms with Gasteiger partial charge in [-0.25, -0.2) is 4.79 Å². The Hall–Kier alpha value is -2.90. The van der Waals surface area contributed by atoms with Crippen molar-refractivity contribution in [1.82, 2.24) is 25.4 Å². The maximum Gasteiger partial charge on any atom is 0.410 e. The molecule has 2 amide bonds. The Labute approximate surface area is 158 Å². The molecule has 2 aromatic rings. The number of likely N-dealkylation sites (tertiary alicyclic amines) is 1. The van der Waals surface area contributed by atoms with Crippen molar-refractivity contribution in [2.24, 2.45) is 0 Å². The Morgan fingerprint density at radius 2 is 2.22 bits per heavy atom. The standard InChI is InChI=1S/C19H25N5O3/c1-19(2,3)27-18(26)24-8-6-14(12-24)15-9-16(23-22-15)17(25)21-11-13-5-4-7-20-10-13/h4-5,7,9-10,14H,6,8,11-12H2,1-3H3,(H,21,25)(H,22,23). The van der Waals surface area contributed by atoms with Crippen LogP contribution in [0.2, 0.25) is 0 Å². The van der Waals surface area contributed by atoms with E-state index in [0.29, 0.717) is 25.3 Å². The number of rotatable bonds is 4. The van der Waals surface area contributed by atoms with Crippen LogP contribution in [0.1, 0.15) is 54.9 Å². The highest BCUT2D eigenvalue weighted by Crippen LogP contribution is 2.27. The smallest absolute Gasteiger partial charge is 0.410 e. The Morgan fingerprint density at radius 3 is 2.93 bits per heavy atom. The van der Waals surface area contributed by atoms with E-state index in [0.717, 1.165) is 17.7 Å². The van der Waals surface area contributed by atoms with Crippen molar-refractivity contribution in [3.8, 4) is 0 Å². The molecule has 144 valence electrons. The topological polar surface area (TPSA) is 100 Å². The number of pyridine rings is 1. The molecule has 0 saturated carbocycles. The zero-order valence-electron chi connectivity index (χ0n) is 15.9. The third-order valence-corrected chi connectivity index (χ3v) is 4.29. The molecule has 0 radical (unpaired) electrons. The van der Waals surface area contributed by atoms with Crippen LogP contribution in [-0.2, 0) is 11.3 Å². The zero-order chi connectivity index (χ0) is 19.4. The highest BCUT2D eigenvalue weighted by molar-refractivity contribution is 5.92. The van der Waals surface area contributed by atoms with Crippen molar-refractivity contribution in [3.63, 3.8) is 0 Å². The Balaban J connectivity index is 1.55. The molecule has 1 fully saturated rings. The van der Waals surface area contributed by atoms with Gasteiger partial charge in [-0.15, -0.1) is 0 Å². The quantitative estimate of drug-likeness (QED) is 0.860. The summed E-state index contributed by atoms with van der Waals surface area (Å²) in [5, 5.41) is 9.87. The normalized spacial score (nSPS) is 17.0. The first kappa shape index (κ1) is 18.9. The van der Waals surface area contributed by atoms with Gasteiger partial charge in [0.25, 0.3) is 5.91 Å². The highest BCUT2D eigenvalue weighted by Gasteiger charge is 2.31. The van der Waals surface area contributed by atoms with Gasteiger partial charge >= 0.3 is 6.09 Å². The van der Waals surface area contributed by atoms with Crippen LogP contribution < -0.4 is 5.32 Å². The van der Waals surface area contributed by atoms with E-state index in [2.05, 4.69) is 20.5 Å². The van der Waals surface area contributed by atoms with Crippen molar-refractivity contribution in [1.29, 1.82) is 0 Å². The van der Waals surface area contributed by atoms with E-state index in [4.69, 9.17) is 4.74 Å². The molecule has 8 heteroatoms. The summed E-state index contributed by atoms with van der Waals surface area (Å²) in [7, 11) is 0. The van der Waals surface area contributed by atoms with Gasteiger partial charge in [-0.1, -0.05) is 6.07 Å². The third kappa shape index (κ3) is 5.06.